The zero-order valence-electron chi connectivity index (χ0n) is 20.4. The zero-order chi connectivity index (χ0) is 23.3. The Morgan fingerprint density at radius 3 is 0.844 bits per heavy atom. The summed E-state index contributed by atoms with van der Waals surface area (Å²) in [7, 11) is -3.39. The van der Waals surface area contributed by atoms with E-state index in [1.165, 1.54) is 16.7 Å². The van der Waals surface area contributed by atoms with E-state index < -0.39 is 27.1 Å². The molecule has 6 heteroatoms. The molecular weight excluding hydrogens is 445 g/mol. The molecule has 32 heavy (non-hydrogen) atoms. The number of rotatable bonds is 9. The van der Waals surface area contributed by atoms with Crippen LogP contribution in [0.5, 0.6) is 17.2 Å². The number of hydrogen-bond donors (Lipinski definition) is 0. The van der Waals surface area contributed by atoms with Gasteiger partial charge in [-0.15, -0.1) is 0 Å². The van der Waals surface area contributed by atoms with E-state index in [4.69, 9.17) is 13.3 Å². The first-order valence-electron chi connectivity index (χ1n) is 11.5. The van der Waals surface area contributed by atoms with Crippen LogP contribution in [0.25, 0.3) is 0 Å². The zero-order valence-corrected chi connectivity index (χ0v) is 23.8. The van der Waals surface area contributed by atoms with Crippen LogP contribution in [-0.2, 0) is 5.41 Å². The SMILES string of the molecule is C[SiH](C)Oc1ccc(C(C)(c2ccc(O[SiH](C)C)cc2)c2ccc(O[SiH](C)C)cc2)cc1. The van der Waals surface area contributed by atoms with Gasteiger partial charge in [-0.1, -0.05) is 36.4 Å². The van der Waals surface area contributed by atoms with Crippen molar-refractivity contribution >= 4 is 27.1 Å². The van der Waals surface area contributed by atoms with Crippen molar-refractivity contribution in [2.75, 3.05) is 0 Å². The molecule has 3 nitrogen and oxygen atoms in total. The standard InChI is InChI=1S/C26H36O3Si3/c1-26(20-8-14-23(15-9-20)27-30(2)3,21-10-16-24(17-11-21)28-31(4)5)22-12-18-25(19-13-22)29-32(6)7/h8-19,30-32H,1-7H3. The van der Waals surface area contributed by atoms with Gasteiger partial charge >= 0.3 is 0 Å². The lowest BCUT2D eigenvalue weighted by atomic mass is 9.71. The minimum atomic E-state index is -1.13. The Kier molecular flexibility index (Phi) is 8.03. The summed E-state index contributed by atoms with van der Waals surface area (Å²) < 4.78 is 18.0. The van der Waals surface area contributed by atoms with Gasteiger partial charge in [-0.3, -0.25) is 0 Å². The summed E-state index contributed by atoms with van der Waals surface area (Å²) in [6, 6.07) is 25.8. The van der Waals surface area contributed by atoms with Crippen LogP contribution in [-0.4, -0.2) is 27.1 Å². The Balaban J connectivity index is 2.04. The second-order valence-corrected chi connectivity index (χ2v) is 16.2. The molecule has 0 aliphatic carbocycles. The van der Waals surface area contributed by atoms with Crippen LogP contribution in [0.1, 0.15) is 23.6 Å². The van der Waals surface area contributed by atoms with E-state index in [-0.39, 0.29) is 5.41 Å². The lowest BCUT2D eigenvalue weighted by Gasteiger charge is -2.32. The van der Waals surface area contributed by atoms with E-state index in [0.717, 1.165) is 17.2 Å². The highest BCUT2D eigenvalue weighted by Gasteiger charge is 2.31. The Hall–Kier alpha value is -2.29. The lowest BCUT2D eigenvalue weighted by Crippen LogP contribution is -2.25. The van der Waals surface area contributed by atoms with E-state index in [1.54, 1.807) is 0 Å². The summed E-state index contributed by atoms with van der Waals surface area (Å²) in [5, 5.41) is 0. The van der Waals surface area contributed by atoms with Gasteiger partial charge in [0, 0.05) is 5.41 Å². The molecule has 3 aromatic rings. The fourth-order valence-corrected chi connectivity index (χ4v) is 6.02. The predicted molar refractivity (Wildman–Crippen MR) is 143 cm³/mol. The molecule has 0 saturated heterocycles. The quantitative estimate of drug-likeness (QED) is 0.272. The second-order valence-electron chi connectivity index (χ2n) is 9.20. The van der Waals surface area contributed by atoms with Crippen molar-refractivity contribution in [1.82, 2.24) is 0 Å². The first-order valence-corrected chi connectivity index (χ1v) is 19.8. The van der Waals surface area contributed by atoms with Crippen molar-refractivity contribution in [3.05, 3.63) is 89.5 Å². The molecule has 3 rings (SSSR count). The molecule has 0 N–H and O–H groups in total. The number of hydrogen-bond acceptors (Lipinski definition) is 3. The van der Waals surface area contributed by atoms with Crippen LogP contribution in [0.2, 0.25) is 39.3 Å². The molecule has 0 unspecified atom stereocenters. The predicted octanol–water partition coefficient (Wildman–Crippen LogP) is 6.13. The maximum absolute atomic E-state index is 6.01. The maximum atomic E-state index is 6.01. The van der Waals surface area contributed by atoms with E-state index in [1.807, 2.05) is 0 Å². The number of benzene rings is 3. The first-order chi connectivity index (χ1) is 15.2. The molecule has 0 heterocycles. The minimum absolute atomic E-state index is 0.310. The van der Waals surface area contributed by atoms with Gasteiger partial charge in [0.25, 0.3) is 0 Å². The Labute approximate surface area is 198 Å². The molecule has 0 aliphatic rings. The van der Waals surface area contributed by atoms with Crippen molar-refractivity contribution in [3.63, 3.8) is 0 Å². The van der Waals surface area contributed by atoms with Crippen molar-refractivity contribution in [1.29, 1.82) is 0 Å². The third-order valence-corrected chi connectivity index (χ3v) is 7.64. The third-order valence-electron chi connectivity index (χ3n) is 5.41. The Morgan fingerprint density at radius 2 is 0.656 bits per heavy atom. The van der Waals surface area contributed by atoms with Crippen molar-refractivity contribution < 1.29 is 13.3 Å². The van der Waals surface area contributed by atoms with Crippen molar-refractivity contribution in [2.24, 2.45) is 0 Å². The summed E-state index contributed by atoms with van der Waals surface area (Å²) in [5.41, 5.74) is 3.38. The average molecular weight is 481 g/mol. The van der Waals surface area contributed by atoms with Gasteiger partial charge in [0.15, 0.2) is 0 Å². The fourth-order valence-electron chi connectivity index (χ4n) is 3.92. The summed E-state index contributed by atoms with van der Waals surface area (Å²) in [6.45, 7) is 15.4. The van der Waals surface area contributed by atoms with Crippen LogP contribution in [0.15, 0.2) is 72.8 Å². The molecule has 0 fully saturated rings. The highest BCUT2D eigenvalue weighted by molar-refractivity contribution is 6.49. The normalized spacial score (nSPS) is 11.8. The van der Waals surface area contributed by atoms with Gasteiger partial charge in [0.1, 0.15) is 17.2 Å². The molecule has 170 valence electrons. The maximum Gasteiger partial charge on any atom is 0.229 e. The minimum Gasteiger partial charge on any atom is -0.547 e. The first kappa shape index (κ1) is 24.4. The fraction of sp³-hybridized carbons (Fsp3) is 0.308. The monoisotopic (exact) mass is 480 g/mol. The Morgan fingerprint density at radius 1 is 0.438 bits per heavy atom. The average Bonchev–Trinajstić information content (AvgIpc) is 2.73. The molecule has 0 radical (unpaired) electrons. The largest absolute Gasteiger partial charge is 0.547 e. The highest BCUT2D eigenvalue weighted by atomic mass is 28.3. The van der Waals surface area contributed by atoms with E-state index in [9.17, 15) is 0 Å². The van der Waals surface area contributed by atoms with Crippen LogP contribution in [0.3, 0.4) is 0 Å². The topological polar surface area (TPSA) is 27.7 Å². The van der Waals surface area contributed by atoms with Gasteiger partial charge < -0.3 is 13.3 Å². The van der Waals surface area contributed by atoms with Gasteiger partial charge in [-0.05, 0) is 99.3 Å². The molecule has 0 bridgehead atoms. The van der Waals surface area contributed by atoms with Gasteiger partial charge in [0.2, 0.25) is 27.1 Å². The van der Waals surface area contributed by atoms with E-state index in [2.05, 4.69) is 119 Å². The third kappa shape index (κ3) is 5.94. The van der Waals surface area contributed by atoms with Crippen LogP contribution < -0.4 is 13.3 Å². The molecule has 0 aromatic heterocycles. The summed E-state index contributed by atoms with van der Waals surface area (Å²) in [6.07, 6.45) is 0. The van der Waals surface area contributed by atoms with Gasteiger partial charge in [-0.25, -0.2) is 0 Å². The smallest absolute Gasteiger partial charge is 0.229 e. The van der Waals surface area contributed by atoms with Crippen LogP contribution >= 0.6 is 0 Å². The van der Waals surface area contributed by atoms with Crippen LogP contribution in [0, 0.1) is 0 Å². The van der Waals surface area contributed by atoms with E-state index >= 15 is 0 Å². The van der Waals surface area contributed by atoms with Crippen LogP contribution in [0.4, 0.5) is 0 Å². The van der Waals surface area contributed by atoms with E-state index in [0.29, 0.717) is 0 Å². The highest BCUT2D eigenvalue weighted by Crippen LogP contribution is 2.40. The molecule has 0 amide bonds. The molecule has 0 spiro atoms. The second kappa shape index (κ2) is 10.6. The van der Waals surface area contributed by atoms with Crippen molar-refractivity contribution in [3.8, 4) is 17.2 Å². The summed E-state index contributed by atoms with van der Waals surface area (Å²) in [5.74, 6) is 2.86. The van der Waals surface area contributed by atoms with Gasteiger partial charge in [-0.2, -0.15) is 0 Å². The summed E-state index contributed by atoms with van der Waals surface area (Å²) in [4.78, 5) is 0. The lowest BCUT2D eigenvalue weighted by molar-refractivity contribution is 0.576. The summed E-state index contributed by atoms with van der Waals surface area (Å²) >= 11 is 0. The molecule has 0 aliphatic heterocycles. The molecule has 0 atom stereocenters. The van der Waals surface area contributed by atoms with Crippen molar-refractivity contribution in [2.45, 2.75) is 51.6 Å². The molecular formula is C26H36O3Si3. The molecule has 0 saturated carbocycles. The Bertz CT molecular complexity index is 852. The van der Waals surface area contributed by atoms with Gasteiger partial charge in [0.05, 0.1) is 0 Å². The molecule has 3 aromatic carbocycles.